The molecule has 5 atom stereocenters. The number of unbranched alkanes of at least 4 members (excludes halogenated alkanes) is 1. The molecule has 3 aliphatic rings. The van der Waals surface area contributed by atoms with Gasteiger partial charge in [-0.05, 0) is 118 Å². The number of halogens is 1. The lowest BCUT2D eigenvalue weighted by atomic mass is 9.98. The van der Waals surface area contributed by atoms with Gasteiger partial charge in [0.2, 0.25) is 29.5 Å². The number of hydrogen-bond donors (Lipinski definition) is 7. The third kappa shape index (κ3) is 11.3. The number of amides is 6. The van der Waals surface area contributed by atoms with Crippen LogP contribution in [0.2, 0.25) is 5.02 Å². The van der Waals surface area contributed by atoms with E-state index in [9.17, 15) is 52.7 Å². The van der Waals surface area contributed by atoms with E-state index in [1.54, 1.807) is 18.0 Å². The number of carbonyl (C=O) groups excluding carboxylic acids is 7. The molecule has 0 saturated carbocycles. The molecule has 3 aliphatic heterocycles. The van der Waals surface area contributed by atoms with Crippen LogP contribution in [0.25, 0.3) is 21.9 Å². The molecule has 5 heterocycles. The Balaban J connectivity index is 0.877. The number of imide groups is 1. The summed E-state index contributed by atoms with van der Waals surface area (Å²) in [5.74, 6) is -2.47. The number of ether oxygens (including phenoxy) is 1. The Kier molecular flexibility index (Phi) is 15.3. The molecule has 8 N–H and O–H groups in total. The van der Waals surface area contributed by atoms with Crippen molar-refractivity contribution in [3.8, 4) is 5.75 Å². The average molecular weight is 1020 g/mol. The Labute approximate surface area is 412 Å². The normalized spacial score (nSPS) is 20.0. The number of aromatic nitrogens is 3. The first-order valence-electron chi connectivity index (χ1n) is 23.8. The number of nitrogens with zero attached hydrogens (tertiary/aromatic N) is 3. The number of primary amides is 1. The van der Waals surface area contributed by atoms with Gasteiger partial charge < -0.3 is 40.8 Å². The summed E-state index contributed by atoms with van der Waals surface area (Å²) in [7, 11) is -3.37. The first kappa shape index (κ1) is 50.8. The molecule has 22 heteroatoms. The summed E-state index contributed by atoms with van der Waals surface area (Å²) in [5, 5.41) is 8.91. The monoisotopic (exact) mass is 1010 g/mol. The Morgan fingerprint density at radius 1 is 0.930 bits per heavy atom. The smallest absolute Gasteiger partial charge is 0.396 e. The third-order valence-corrected chi connectivity index (χ3v) is 14.9. The van der Waals surface area contributed by atoms with Crippen LogP contribution in [0.15, 0.2) is 65.5 Å². The van der Waals surface area contributed by atoms with Gasteiger partial charge in [-0.3, -0.25) is 52.6 Å². The maximum Gasteiger partial charge on any atom is 0.396 e. The summed E-state index contributed by atoms with van der Waals surface area (Å²) < 4.78 is 20.7. The van der Waals surface area contributed by atoms with E-state index in [2.05, 4.69) is 20.9 Å². The lowest BCUT2D eigenvalue weighted by Crippen LogP contribution is -2.57. The zero-order valence-electron chi connectivity index (χ0n) is 39.0. The second-order valence-corrected chi connectivity index (χ2v) is 20.5. The summed E-state index contributed by atoms with van der Waals surface area (Å²) in [6, 6.07) is 13.0. The number of aryl methyl sites for hydroxylation is 3. The molecule has 3 saturated heterocycles. The van der Waals surface area contributed by atoms with Crippen molar-refractivity contribution in [1.82, 2.24) is 35.0 Å². The highest BCUT2D eigenvalue weighted by atomic mass is 35.5. The standard InChI is InChI=1S/C49H56ClN8O12P/c1-56-39-23-27(13-18-36(39)58(49(56)66)38-20-22-42(60)55-46(38)63)7-2-3-8-28-9-6-12-40(43(28)50)70-26-31(15-21-41(51)59)52-45(62)37-19-16-32-10-4-5-11-34(47(64)57(32)37)54-44(61)35-25-30-24-29(14-17-33(30)53-35)48(65)71(67,68)69/h6,9,12-14,17-18,23-25,31-32,34,37-38,53H,2-5,7-8,10-11,15-16,19-22,26H2,1H3,(H2,51,59)(H,52,62)(H,54,61)(H,55,60,63)(H2,67,68,69)/t31-,32-,34-,37-,38?/m0/s1. The van der Waals surface area contributed by atoms with Gasteiger partial charge in [-0.1, -0.05) is 42.6 Å². The molecule has 3 fully saturated rings. The van der Waals surface area contributed by atoms with Gasteiger partial charge in [0.25, 0.3) is 11.4 Å². The quantitative estimate of drug-likeness (QED) is 0.0369. The molecule has 3 aromatic carbocycles. The number of H-pyrrole nitrogens is 1. The minimum absolute atomic E-state index is 0.0456. The van der Waals surface area contributed by atoms with Crippen LogP contribution in [-0.4, -0.2) is 101 Å². The Hall–Kier alpha value is -6.60. The number of nitrogens with two attached hydrogens (primary N) is 1. The number of piperidine rings is 1. The second kappa shape index (κ2) is 21.4. The van der Waals surface area contributed by atoms with Crippen LogP contribution in [-0.2, 0) is 48.4 Å². The van der Waals surface area contributed by atoms with Crippen molar-refractivity contribution >= 4 is 82.1 Å². The molecule has 0 spiro atoms. The van der Waals surface area contributed by atoms with E-state index in [1.807, 2.05) is 30.3 Å². The molecule has 0 radical (unpaired) electrons. The first-order valence-corrected chi connectivity index (χ1v) is 25.8. The van der Waals surface area contributed by atoms with E-state index in [-0.39, 0.29) is 61.2 Å². The zero-order chi connectivity index (χ0) is 50.7. The van der Waals surface area contributed by atoms with Gasteiger partial charge in [0.05, 0.1) is 22.1 Å². The zero-order valence-corrected chi connectivity index (χ0v) is 40.6. The lowest BCUT2D eigenvalue weighted by molar-refractivity contribution is -0.143. The molecular weight excluding hydrogens is 959 g/mol. The van der Waals surface area contributed by atoms with E-state index in [0.717, 1.165) is 30.4 Å². The first-order chi connectivity index (χ1) is 33.9. The highest BCUT2D eigenvalue weighted by Gasteiger charge is 2.44. The van der Waals surface area contributed by atoms with Gasteiger partial charge >= 0.3 is 13.3 Å². The van der Waals surface area contributed by atoms with Gasteiger partial charge in [0.1, 0.15) is 36.2 Å². The number of fused-ring (bicyclic) bond motifs is 3. The van der Waals surface area contributed by atoms with Crippen molar-refractivity contribution in [3.05, 3.63) is 98.6 Å². The highest BCUT2D eigenvalue weighted by molar-refractivity contribution is 7.70. The Bertz CT molecular complexity index is 3050. The summed E-state index contributed by atoms with van der Waals surface area (Å²) in [6.07, 6.45) is 6.81. The minimum atomic E-state index is -5.03. The Morgan fingerprint density at radius 3 is 2.46 bits per heavy atom. The van der Waals surface area contributed by atoms with Crippen LogP contribution in [0.4, 0.5) is 0 Å². The number of rotatable bonds is 18. The fourth-order valence-electron chi connectivity index (χ4n) is 10.0. The van der Waals surface area contributed by atoms with Crippen LogP contribution in [0.3, 0.4) is 0 Å². The molecule has 0 aliphatic carbocycles. The van der Waals surface area contributed by atoms with Crippen LogP contribution < -0.4 is 32.1 Å². The van der Waals surface area contributed by atoms with Crippen molar-refractivity contribution in [1.29, 1.82) is 0 Å². The number of nitrogens with one attached hydrogen (secondary N) is 4. The van der Waals surface area contributed by atoms with Crippen molar-refractivity contribution < 1.29 is 52.7 Å². The third-order valence-electron chi connectivity index (χ3n) is 13.7. The van der Waals surface area contributed by atoms with Crippen molar-refractivity contribution in [2.24, 2.45) is 12.8 Å². The summed E-state index contributed by atoms with van der Waals surface area (Å²) >= 11 is 6.89. The van der Waals surface area contributed by atoms with Crippen LogP contribution in [0.5, 0.6) is 5.75 Å². The van der Waals surface area contributed by atoms with Crippen molar-refractivity contribution in [3.63, 3.8) is 0 Å². The van der Waals surface area contributed by atoms with Gasteiger partial charge in [-0.25, -0.2) is 4.79 Å². The molecule has 6 amide bonds. The number of imidazole rings is 1. The predicted molar refractivity (Wildman–Crippen MR) is 261 cm³/mol. The molecule has 1 unspecified atom stereocenters. The summed E-state index contributed by atoms with van der Waals surface area (Å²) in [6.45, 7) is -0.0549. The molecule has 376 valence electrons. The van der Waals surface area contributed by atoms with Crippen LogP contribution in [0.1, 0.15) is 115 Å². The maximum absolute atomic E-state index is 14.3. The van der Waals surface area contributed by atoms with E-state index in [1.165, 1.54) is 33.4 Å². The Morgan fingerprint density at radius 2 is 1.70 bits per heavy atom. The van der Waals surface area contributed by atoms with Crippen molar-refractivity contribution in [2.45, 2.75) is 120 Å². The number of aromatic amines is 1. The lowest BCUT2D eigenvalue weighted by Gasteiger charge is -2.35. The van der Waals surface area contributed by atoms with Gasteiger partial charge in [-0.2, -0.15) is 0 Å². The molecular formula is C49H56ClN8O12P. The topological polar surface area (TPSA) is 294 Å². The SMILES string of the molecule is Cn1c(=O)n(C2CCC(=O)NC2=O)c2ccc(CCCCc3cccc(OC[C@H](CCC(N)=O)NC(=O)[C@@H]4CC[C@@H]5CCCC[C@H](NC(=O)c6cc7cc(C(=O)P(=O)(O)O)ccc7[nH]6)C(=O)N54)c3Cl)cc21. The van der Waals surface area contributed by atoms with Crippen molar-refractivity contribution in [2.75, 3.05) is 6.61 Å². The van der Waals surface area contributed by atoms with Crippen LogP contribution >= 0.6 is 19.2 Å². The molecule has 0 bridgehead atoms. The second-order valence-electron chi connectivity index (χ2n) is 18.6. The highest BCUT2D eigenvalue weighted by Crippen LogP contribution is 2.40. The van der Waals surface area contributed by atoms with Gasteiger partial charge in [-0.15, -0.1) is 0 Å². The van der Waals surface area contributed by atoms with Crippen LogP contribution in [0, 0.1) is 0 Å². The van der Waals surface area contributed by atoms with E-state index < -0.39 is 66.8 Å². The minimum Gasteiger partial charge on any atom is -0.490 e. The molecule has 71 heavy (non-hydrogen) atoms. The van der Waals surface area contributed by atoms with E-state index in [0.29, 0.717) is 77.7 Å². The largest absolute Gasteiger partial charge is 0.490 e. The fourth-order valence-corrected chi connectivity index (χ4v) is 10.8. The van der Waals surface area contributed by atoms with E-state index in [4.69, 9.17) is 22.1 Å². The fraction of sp³-hybridized carbons (Fsp3) is 0.429. The van der Waals surface area contributed by atoms with E-state index >= 15 is 0 Å². The number of hydrogen-bond acceptors (Lipinski definition) is 10. The summed E-state index contributed by atoms with van der Waals surface area (Å²) in [5.41, 5.74) is 7.30. The number of carbonyl (C=O) groups is 7. The predicted octanol–water partition coefficient (Wildman–Crippen LogP) is 4.20. The molecule has 2 aromatic heterocycles. The molecule has 20 nitrogen and oxygen atoms in total. The van der Waals surface area contributed by atoms with Gasteiger partial charge in [0, 0.05) is 42.4 Å². The maximum atomic E-state index is 14.3. The average Bonchev–Trinajstić information content (AvgIpc) is 4.02. The molecule has 5 aromatic rings. The number of benzene rings is 3. The van der Waals surface area contributed by atoms with Gasteiger partial charge in [0.15, 0.2) is 0 Å². The summed E-state index contributed by atoms with van der Waals surface area (Å²) in [4.78, 5) is 127. The molecule has 8 rings (SSSR count).